The van der Waals surface area contributed by atoms with Crippen molar-refractivity contribution < 1.29 is 24.9 Å². The zero-order valence-corrected chi connectivity index (χ0v) is 19.2. The lowest BCUT2D eigenvalue weighted by atomic mass is 10.1. The van der Waals surface area contributed by atoms with Gasteiger partial charge < -0.3 is 20.1 Å². The lowest BCUT2D eigenvalue weighted by Gasteiger charge is -2.06. The van der Waals surface area contributed by atoms with Gasteiger partial charge in [-0.3, -0.25) is 4.79 Å². The average molecular weight is 575 g/mol. The highest BCUT2D eigenvalue weighted by atomic mass is 79.9. The second-order valence-electron chi connectivity index (χ2n) is 5.49. The number of hydrogen-bond acceptors (Lipinski definition) is 5. The number of aliphatic hydroxyl groups excluding tert-OH is 1. The maximum atomic E-state index is 12.0. The fourth-order valence-corrected chi connectivity index (χ4v) is 4.52. The van der Waals surface area contributed by atoms with E-state index in [0.29, 0.717) is 30.3 Å². The average Bonchev–Trinajstić information content (AvgIpc) is 2.65. The van der Waals surface area contributed by atoms with Gasteiger partial charge in [0.25, 0.3) is 0 Å². The predicted octanol–water partition coefficient (Wildman–Crippen LogP) is 6.13. The minimum absolute atomic E-state index is 0.0102. The molecule has 0 aliphatic rings. The van der Waals surface area contributed by atoms with Crippen LogP contribution < -0.4 is 4.74 Å². The summed E-state index contributed by atoms with van der Waals surface area (Å²) in [5.74, 6) is -0.347. The Morgan fingerprint density at radius 3 is 2.43 bits per heavy atom. The van der Waals surface area contributed by atoms with Crippen LogP contribution in [-0.2, 0) is 4.79 Å². The molecule has 0 atom stereocenters. The van der Waals surface area contributed by atoms with Gasteiger partial charge in [-0.1, -0.05) is 28.1 Å². The molecule has 0 bridgehead atoms. The van der Waals surface area contributed by atoms with Crippen LogP contribution >= 0.6 is 47.8 Å². The van der Waals surface area contributed by atoms with Crippen molar-refractivity contribution in [3.63, 3.8) is 0 Å². The Morgan fingerprint density at radius 1 is 1.04 bits per heavy atom. The van der Waals surface area contributed by atoms with Crippen molar-refractivity contribution in [3.05, 3.63) is 72.8 Å². The summed E-state index contributed by atoms with van der Waals surface area (Å²) in [6, 6.07) is 6.36. The molecule has 5 nitrogen and oxygen atoms in total. The maximum absolute atomic E-state index is 12.0. The molecule has 0 heterocycles. The van der Waals surface area contributed by atoms with Crippen LogP contribution in [0.1, 0.15) is 11.1 Å². The number of rotatable bonds is 6. The standard InChI is InChI=1S/C20H15Br3O5/c1-28-18-8-11(3-7-17(18)26)2-4-12(24)9-13(25)5-6-14-15(21)10-16(22)20(27)19(14)23/h2-10,24,26-27H,1H3/b4-2+,6-5+,12-9-. The van der Waals surface area contributed by atoms with Crippen LogP contribution in [0.4, 0.5) is 0 Å². The molecule has 0 amide bonds. The molecule has 0 aliphatic heterocycles. The van der Waals surface area contributed by atoms with E-state index >= 15 is 0 Å². The number of halogens is 3. The maximum Gasteiger partial charge on any atom is 0.182 e. The van der Waals surface area contributed by atoms with Gasteiger partial charge >= 0.3 is 0 Å². The summed E-state index contributed by atoms with van der Waals surface area (Å²) in [4.78, 5) is 12.0. The quantitative estimate of drug-likeness (QED) is 0.219. The molecular formula is C20H15Br3O5. The summed E-state index contributed by atoms with van der Waals surface area (Å²) >= 11 is 9.86. The number of ketones is 1. The van der Waals surface area contributed by atoms with Crippen LogP contribution in [-0.4, -0.2) is 28.2 Å². The van der Waals surface area contributed by atoms with Gasteiger partial charge in [0.1, 0.15) is 11.5 Å². The SMILES string of the molecule is COc1cc(/C=C/C(O)=C/C(=O)/C=C/c2c(Br)cc(Br)c(O)c2Br)ccc1O. The van der Waals surface area contributed by atoms with E-state index in [1.807, 2.05) is 0 Å². The molecule has 146 valence electrons. The number of benzene rings is 2. The Bertz CT molecular complexity index is 994. The number of carbonyl (C=O) groups is 1. The first-order valence-electron chi connectivity index (χ1n) is 7.77. The van der Waals surface area contributed by atoms with E-state index in [1.54, 1.807) is 24.3 Å². The molecule has 0 unspecified atom stereocenters. The number of ether oxygens (including phenoxy) is 1. The van der Waals surface area contributed by atoms with E-state index in [1.165, 1.54) is 31.4 Å². The molecule has 0 aliphatic carbocycles. The van der Waals surface area contributed by atoms with E-state index in [2.05, 4.69) is 47.8 Å². The zero-order valence-electron chi connectivity index (χ0n) is 14.5. The number of phenols is 2. The monoisotopic (exact) mass is 572 g/mol. The summed E-state index contributed by atoms with van der Waals surface area (Å²) in [6.45, 7) is 0. The van der Waals surface area contributed by atoms with E-state index in [0.717, 1.165) is 6.08 Å². The largest absolute Gasteiger partial charge is 0.508 e. The second kappa shape index (κ2) is 9.95. The molecule has 0 saturated carbocycles. The minimum atomic E-state index is -0.438. The van der Waals surface area contributed by atoms with Crippen LogP contribution in [0, 0.1) is 0 Å². The Balaban J connectivity index is 2.14. The van der Waals surface area contributed by atoms with Crippen molar-refractivity contribution in [3.8, 4) is 17.2 Å². The fraction of sp³-hybridized carbons (Fsp3) is 0.0500. The van der Waals surface area contributed by atoms with E-state index in [9.17, 15) is 20.1 Å². The van der Waals surface area contributed by atoms with Crippen molar-refractivity contribution in [1.82, 2.24) is 0 Å². The zero-order chi connectivity index (χ0) is 20.8. The van der Waals surface area contributed by atoms with Crippen molar-refractivity contribution in [2.24, 2.45) is 0 Å². The second-order valence-corrected chi connectivity index (χ2v) is 7.99. The van der Waals surface area contributed by atoms with Crippen LogP contribution in [0.2, 0.25) is 0 Å². The van der Waals surface area contributed by atoms with Gasteiger partial charge in [-0.25, -0.2) is 0 Å². The number of hydrogen-bond donors (Lipinski definition) is 3. The third-order valence-electron chi connectivity index (χ3n) is 3.54. The number of methoxy groups -OCH3 is 1. The highest BCUT2D eigenvalue weighted by Gasteiger charge is 2.11. The van der Waals surface area contributed by atoms with Crippen molar-refractivity contribution in [2.75, 3.05) is 7.11 Å². The molecular weight excluding hydrogens is 560 g/mol. The lowest BCUT2D eigenvalue weighted by Crippen LogP contribution is -1.90. The number of carbonyl (C=O) groups excluding carboxylic acids is 1. The minimum Gasteiger partial charge on any atom is -0.508 e. The van der Waals surface area contributed by atoms with Crippen molar-refractivity contribution >= 4 is 65.7 Å². The van der Waals surface area contributed by atoms with Gasteiger partial charge in [0.15, 0.2) is 17.3 Å². The van der Waals surface area contributed by atoms with E-state index in [4.69, 9.17) is 4.74 Å². The summed E-state index contributed by atoms with van der Waals surface area (Å²) in [5.41, 5.74) is 1.25. The Hall–Kier alpha value is -2.03. The van der Waals surface area contributed by atoms with Gasteiger partial charge in [0, 0.05) is 16.1 Å². The third kappa shape index (κ3) is 5.73. The Labute approximate surface area is 187 Å². The Morgan fingerprint density at radius 2 is 1.75 bits per heavy atom. The van der Waals surface area contributed by atoms with Crippen LogP contribution in [0.5, 0.6) is 17.2 Å². The van der Waals surface area contributed by atoms with Crippen LogP contribution in [0.25, 0.3) is 12.2 Å². The molecule has 2 aromatic rings. The predicted molar refractivity (Wildman–Crippen MR) is 120 cm³/mol. The summed E-state index contributed by atoms with van der Waals surface area (Å²) in [7, 11) is 1.44. The summed E-state index contributed by atoms with van der Waals surface area (Å²) in [6.07, 6.45) is 6.78. The third-order valence-corrected chi connectivity index (χ3v) is 5.60. The first kappa shape index (κ1) is 22.3. The summed E-state index contributed by atoms with van der Waals surface area (Å²) < 4.78 is 6.61. The van der Waals surface area contributed by atoms with Gasteiger partial charge in [-0.15, -0.1) is 0 Å². The normalized spacial score (nSPS) is 12.1. The number of aromatic hydroxyl groups is 2. The number of phenolic OH excluding ortho intramolecular Hbond substituents is 2. The van der Waals surface area contributed by atoms with Crippen molar-refractivity contribution in [2.45, 2.75) is 0 Å². The molecule has 3 N–H and O–H groups in total. The Kier molecular flexibility index (Phi) is 7.91. The molecule has 28 heavy (non-hydrogen) atoms. The topological polar surface area (TPSA) is 87.0 Å². The molecule has 8 heteroatoms. The first-order chi connectivity index (χ1) is 13.2. The lowest BCUT2D eigenvalue weighted by molar-refractivity contribution is -0.110. The molecule has 0 aromatic heterocycles. The number of aliphatic hydroxyl groups is 1. The fourth-order valence-electron chi connectivity index (χ4n) is 2.13. The van der Waals surface area contributed by atoms with Crippen molar-refractivity contribution in [1.29, 1.82) is 0 Å². The summed E-state index contributed by atoms with van der Waals surface area (Å²) in [5, 5.41) is 29.4. The first-order valence-corrected chi connectivity index (χ1v) is 10.1. The van der Waals surface area contributed by atoms with Gasteiger partial charge in [-0.05, 0) is 73.9 Å². The molecule has 2 rings (SSSR count). The molecule has 0 radical (unpaired) electrons. The van der Waals surface area contributed by atoms with Gasteiger partial charge in [0.2, 0.25) is 0 Å². The van der Waals surface area contributed by atoms with Gasteiger partial charge in [-0.2, -0.15) is 0 Å². The highest BCUT2D eigenvalue weighted by Crippen LogP contribution is 2.40. The highest BCUT2D eigenvalue weighted by molar-refractivity contribution is 9.11. The molecule has 0 spiro atoms. The van der Waals surface area contributed by atoms with Crippen LogP contribution in [0.3, 0.4) is 0 Å². The molecule has 2 aromatic carbocycles. The van der Waals surface area contributed by atoms with Crippen LogP contribution in [0.15, 0.2) is 61.7 Å². The van der Waals surface area contributed by atoms with E-state index in [-0.39, 0.29) is 17.3 Å². The smallest absolute Gasteiger partial charge is 0.182 e. The molecule has 0 fully saturated rings. The van der Waals surface area contributed by atoms with Gasteiger partial charge in [0.05, 0.1) is 16.1 Å². The number of allylic oxidation sites excluding steroid dienone is 3. The van der Waals surface area contributed by atoms with E-state index < -0.39 is 5.78 Å². The molecule has 0 saturated heterocycles.